The zero-order valence-electron chi connectivity index (χ0n) is 16.6. The van der Waals surface area contributed by atoms with Gasteiger partial charge in [0.15, 0.2) is 0 Å². The first-order valence-electron chi connectivity index (χ1n) is 8.95. The number of halogens is 1. The van der Waals surface area contributed by atoms with E-state index in [-0.39, 0.29) is 24.2 Å². The van der Waals surface area contributed by atoms with Crippen LogP contribution in [0, 0.1) is 5.92 Å². The normalized spacial score (nSPS) is 12.3. The molecule has 2 aromatic carbocycles. The van der Waals surface area contributed by atoms with E-state index >= 15 is 0 Å². The van der Waals surface area contributed by atoms with Crippen molar-refractivity contribution in [2.24, 2.45) is 11.7 Å². The summed E-state index contributed by atoms with van der Waals surface area (Å²) in [5.41, 5.74) is 8.16. The van der Waals surface area contributed by atoms with Crippen LogP contribution in [0.25, 0.3) is 0 Å². The van der Waals surface area contributed by atoms with E-state index in [2.05, 4.69) is 5.32 Å². The van der Waals surface area contributed by atoms with Crippen molar-refractivity contribution in [2.45, 2.75) is 19.9 Å². The average Bonchev–Trinajstić information content (AvgIpc) is 2.68. The minimum atomic E-state index is -0.440. The number of hydrogen-bond acceptors (Lipinski definition) is 4. The molecule has 0 aliphatic heterocycles. The predicted molar refractivity (Wildman–Crippen MR) is 114 cm³/mol. The Morgan fingerprint density at radius 1 is 1.14 bits per heavy atom. The Labute approximate surface area is 172 Å². The number of hydrogen-bond donors (Lipinski definition) is 2. The van der Waals surface area contributed by atoms with Gasteiger partial charge in [-0.25, -0.2) is 0 Å². The van der Waals surface area contributed by atoms with Gasteiger partial charge in [0.2, 0.25) is 5.91 Å². The molecule has 0 aliphatic carbocycles. The van der Waals surface area contributed by atoms with Crippen LogP contribution in [0.2, 0.25) is 0 Å². The standard InChI is InChI=1S/C21H27N3O3.ClH/c1-5-27-18-13-16(21(26)24(3)4)11-12-17(18)23-20(25)14(2)19(22)15-9-7-6-8-10-15;/h6-14,19H,5,22H2,1-4H3,(H,23,25);1H. The molecule has 0 saturated carbocycles. The summed E-state index contributed by atoms with van der Waals surface area (Å²) >= 11 is 0. The lowest BCUT2D eigenvalue weighted by atomic mass is 9.94. The van der Waals surface area contributed by atoms with Crippen molar-refractivity contribution in [3.8, 4) is 5.75 Å². The van der Waals surface area contributed by atoms with Gasteiger partial charge in [-0.15, -0.1) is 12.4 Å². The molecule has 0 bridgehead atoms. The minimum absolute atomic E-state index is 0. The fourth-order valence-corrected chi connectivity index (χ4v) is 2.67. The first-order valence-corrected chi connectivity index (χ1v) is 8.95. The van der Waals surface area contributed by atoms with E-state index < -0.39 is 12.0 Å². The van der Waals surface area contributed by atoms with Gasteiger partial charge in [0, 0.05) is 25.7 Å². The second-order valence-electron chi connectivity index (χ2n) is 6.56. The minimum Gasteiger partial charge on any atom is -0.492 e. The van der Waals surface area contributed by atoms with Crippen LogP contribution in [0.1, 0.15) is 35.8 Å². The second kappa shape index (κ2) is 10.7. The van der Waals surface area contributed by atoms with Gasteiger partial charge < -0.3 is 20.7 Å². The van der Waals surface area contributed by atoms with Gasteiger partial charge in [-0.3, -0.25) is 9.59 Å². The van der Waals surface area contributed by atoms with Gasteiger partial charge in [-0.2, -0.15) is 0 Å². The van der Waals surface area contributed by atoms with Gasteiger partial charge in [-0.05, 0) is 30.7 Å². The fraction of sp³-hybridized carbons (Fsp3) is 0.333. The quantitative estimate of drug-likeness (QED) is 0.738. The molecule has 2 rings (SSSR count). The zero-order valence-corrected chi connectivity index (χ0v) is 17.5. The molecule has 7 heteroatoms. The van der Waals surface area contributed by atoms with E-state index in [1.54, 1.807) is 39.2 Å². The van der Waals surface area contributed by atoms with Crippen molar-refractivity contribution in [3.05, 3.63) is 59.7 Å². The van der Waals surface area contributed by atoms with Crippen LogP contribution in [-0.2, 0) is 4.79 Å². The molecule has 2 amide bonds. The molecular weight excluding hydrogens is 378 g/mol. The van der Waals surface area contributed by atoms with Gasteiger partial charge in [0.25, 0.3) is 5.91 Å². The molecule has 0 radical (unpaired) electrons. The number of carbonyl (C=O) groups is 2. The molecule has 6 nitrogen and oxygen atoms in total. The number of nitrogens with two attached hydrogens (primary N) is 1. The third kappa shape index (κ3) is 5.71. The van der Waals surface area contributed by atoms with E-state index in [9.17, 15) is 9.59 Å². The van der Waals surface area contributed by atoms with Gasteiger partial charge in [0.1, 0.15) is 5.75 Å². The highest BCUT2D eigenvalue weighted by Crippen LogP contribution is 2.28. The number of carbonyl (C=O) groups excluding carboxylic acids is 2. The molecule has 0 aromatic heterocycles. The van der Waals surface area contributed by atoms with E-state index in [1.165, 1.54) is 4.90 Å². The summed E-state index contributed by atoms with van der Waals surface area (Å²) in [4.78, 5) is 26.3. The highest BCUT2D eigenvalue weighted by atomic mass is 35.5. The molecule has 152 valence electrons. The Balaban J connectivity index is 0.00000392. The van der Waals surface area contributed by atoms with Crippen molar-refractivity contribution in [1.29, 1.82) is 0 Å². The SMILES string of the molecule is CCOc1cc(C(=O)N(C)C)ccc1NC(=O)C(C)C(N)c1ccccc1.Cl. The van der Waals surface area contributed by atoms with Crippen LogP contribution < -0.4 is 15.8 Å². The van der Waals surface area contributed by atoms with Gasteiger partial charge in [-0.1, -0.05) is 37.3 Å². The van der Waals surface area contributed by atoms with Crippen molar-refractivity contribution in [2.75, 3.05) is 26.0 Å². The van der Waals surface area contributed by atoms with Gasteiger partial charge in [0.05, 0.1) is 18.2 Å². The van der Waals surface area contributed by atoms with Crippen LogP contribution in [0.5, 0.6) is 5.75 Å². The Kier molecular flexibility index (Phi) is 8.96. The number of rotatable bonds is 7. The molecule has 2 aromatic rings. The highest BCUT2D eigenvalue weighted by molar-refractivity contribution is 5.97. The van der Waals surface area contributed by atoms with Crippen LogP contribution in [-0.4, -0.2) is 37.4 Å². The Morgan fingerprint density at radius 2 is 1.79 bits per heavy atom. The Bertz CT molecular complexity index is 797. The Morgan fingerprint density at radius 3 is 2.36 bits per heavy atom. The summed E-state index contributed by atoms with van der Waals surface area (Å²) < 4.78 is 5.62. The average molecular weight is 406 g/mol. The van der Waals surface area contributed by atoms with Crippen molar-refractivity contribution < 1.29 is 14.3 Å². The summed E-state index contributed by atoms with van der Waals surface area (Å²) in [7, 11) is 3.37. The molecule has 0 spiro atoms. The lowest BCUT2D eigenvalue weighted by Gasteiger charge is -2.21. The van der Waals surface area contributed by atoms with Crippen molar-refractivity contribution >= 4 is 29.9 Å². The topological polar surface area (TPSA) is 84.7 Å². The van der Waals surface area contributed by atoms with Gasteiger partial charge >= 0.3 is 0 Å². The summed E-state index contributed by atoms with van der Waals surface area (Å²) in [6.07, 6.45) is 0. The molecule has 0 fully saturated rings. The number of nitrogens with one attached hydrogen (secondary N) is 1. The number of nitrogens with zero attached hydrogens (tertiary/aromatic N) is 1. The number of anilines is 1. The number of amides is 2. The second-order valence-corrected chi connectivity index (χ2v) is 6.56. The lowest BCUT2D eigenvalue weighted by Crippen LogP contribution is -2.30. The molecule has 0 heterocycles. The van der Waals surface area contributed by atoms with E-state index in [0.717, 1.165) is 5.56 Å². The molecule has 3 N–H and O–H groups in total. The third-order valence-electron chi connectivity index (χ3n) is 4.33. The van der Waals surface area contributed by atoms with E-state index in [1.807, 2.05) is 37.3 Å². The first-order chi connectivity index (χ1) is 12.8. The fourth-order valence-electron chi connectivity index (χ4n) is 2.67. The zero-order chi connectivity index (χ0) is 20.0. The summed E-state index contributed by atoms with van der Waals surface area (Å²) in [5.74, 6) is -0.323. The van der Waals surface area contributed by atoms with Crippen molar-refractivity contribution in [1.82, 2.24) is 4.90 Å². The smallest absolute Gasteiger partial charge is 0.253 e. The monoisotopic (exact) mass is 405 g/mol. The molecule has 2 atom stereocenters. The maximum atomic E-state index is 12.7. The summed E-state index contributed by atoms with van der Waals surface area (Å²) in [6.45, 7) is 4.05. The van der Waals surface area contributed by atoms with Crippen LogP contribution >= 0.6 is 12.4 Å². The summed E-state index contributed by atoms with van der Waals surface area (Å²) in [6, 6.07) is 14.1. The number of ether oxygens (including phenoxy) is 1. The van der Waals surface area contributed by atoms with E-state index in [0.29, 0.717) is 23.6 Å². The molecule has 0 aliphatic rings. The number of benzene rings is 2. The molecule has 28 heavy (non-hydrogen) atoms. The molecule has 2 unspecified atom stereocenters. The van der Waals surface area contributed by atoms with Crippen LogP contribution in [0.4, 0.5) is 5.69 Å². The van der Waals surface area contributed by atoms with Crippen LogP contribution in [0.3, 0.4) is 0 Å². The highest BCUT2D eigenvalue weighted by Gasteiger charge is 2.23. The maximum absolute atomic E-state index is 12.7. The molecular formula is C21H28ClN3O3. The lowest BCUT2D eigenvalue weighted by molar-refractivity contribution is -0.120. The van der Waals surface area contributed by atoms with Crippen molar-refractivity contribution in [3.63, 3.8) is 0 Å². The molecule has 0 saturated heterocycles. The largest absolute Gasteiger partial charge is 0.492 e. The maximum Gasteiger partial charge on any atom is 0.253 e. The summed E-state index contributed by atoms with van der Waals surface area (Å²) in [5, 5.41) is 2.87. The van der Waals surface area contributed by atoms with Crippen LogP contribution in [0.15, 0.2) is 48.5 Å². The predicted octanol–water partition coefficient (Wildman–Crippen LogP) is 3.48. The van der Waals surface area contributed by atoms with E-state index in [4.69, 9.17) is 10.5 Å². The first kappa shape index (κ1) is 23.5. The third-order valence-corrected chi connectivity index (χ3v) is 4.33. The Hall–Kier alpha value is -2.57.